The zero-order chi connectivity index (χ0) is 34.7. The predicted octanol–water partition coefficient (Wildman–Crippen LogP) is 5.43. The van der Waals surface area contributed by atoms with Crippen LogP contribution in [0.2, 0.25) is 0 Å². The molecule has 6 aliphatic carbocycles. The molecule has 6 aliphatic rings. The molecule has 0 spiro atoms. The minimum atomic E-state index is -4.82. The summed E-state index contributed by atoms with van der Waals surface area (Å²) >= 11 is 0. The van der Waals surface area contributed by atoms with Gasteiger partial charge in [0.05, 0.1) is 29.8 Å². The molecule has 17 heteroatoms. The number of carbonyl (C=O) groups excluding carboxylic acids is 2. The summed E-state index contributed by atoms with van der Waals surface area (Å²) in [5.74, 6) is -1.25. The number of halogens is 6. The average molecular weight is 696 g/mol. The number of carbonyl (C=O) groups is 2. The number of nitrogens with zero attached hydrogens (tertiary/aromatic N) is 2. The van der Waals surface area contributed by atoms with Crippen molar-refractivity contribution in [2.75, 3.05) is 0 Å². The summed E-state index contributed by atoms with van der Waals surface area (Å²) in [4.78, 5) is 27.5. The maximum Gasteiger partial charge on any atom is 0.522 e. The van der Waals surface area contributed by atoms with Crippen LogP contribution < -0.4 is 5.32 Å². The minimum Gasteiger partial charge on any atom is -0.458 e. The van der Waals surface area contributed by atoms with Crippen molar-refractivity contribution in [1.29, 1.82) is 0 Å². The molecular formula is C31H39F6N3O8. The van der Waals surface area contributed by atoms with E-state index >= 15 is 0 Å². The van der Waals surface area contributed by atoms with Crippen molar-refractivity contribution < 1.29 is 64.0 Å². The van der Waals surface area contributed by atoms with Gasteiger partial charge in [0.25, 0.3) is 5.91 Å². The summed E-state index contributed by atoms with van der Waals surface area (Å²) in [6.07, 6.45) is -9.55. The van der Waals surface area contributed by atoms with Crippen molar-refractivity contribution in [1.82, 2.24) is 15.5 Å². The molecule has 268 valence electrons. The number of ether oxygens (including phenoxy) is 5. The van der Waals surface area contributed by atoms with Crippen LogP contribution >= 0.6 is 0 Å². The van der Waals surface area contributed by atoms with Gasteiger partial charge >= 0.3 is 18.7 Å². The maximum atomic E-state index is 14.0. The lowest BCUT2D eigenvalue weighted by Crippen LogP contribution is -2.78. The molecule has 1 heterocycles. The molecule has 0 saturated heterocycles. The van der Waals surface area contributed by atoms with Gasteiger partial charge < -0.3 is 23.9 Å². The molecule has 11 nitrogen and oxygen atoms in total. The van der Waals surface area contributed by atoms with E-state index in [9.17, 15) is 35.9 Å². The zero-order valence-corrected chi connectivity index (χ0v) is 26.7. The van der Waals surface area contributed by atoms with E-state index < -0.39 is 77.8 Å². The zero-order valence-electron chi connectivity index (χ0n) is 26.7. The van der Waals surface area contributed by atoms with Gasteiger partial charge in [-0.1, -0.05) is 12.2 Å². The summed E-state index contributed by atoms with van der Waals surface area (Å²) in [5.41, 5.74) is -2.12. The molecule has 1 aromatic heterocycles. The van der Waals surface area contributed by atoms with Gasteiger partial charge in [-0.05, 0) is 78.6 Å². The number of alkyl halides is 6. The Morgan fingerprint density at radius 3 is 2.02 bits per heavy atom. The number of amides is 1. The molecule has 4 unspecified atom stereocenters. The van der Waals surface area contributed by atoms with Crippen LogP contribution in [0.4, 0.5) is 26.3 Å². The third-order valence-corrected chi connectivity index (χ3v) is 9.51. The van der Waals surface area contributed by atoms with Crippen molar-refractivity contribution in [2.24, 2.45) is 0 Å². The quantitative estimate of drug-likeness (QED) is 0.172. The van der Waals surface area contributed by atoms with Crippen LogP contribution in [0.5, 0.6) is 0 Å². The summed E-state index contributed by atoms with van der Waals surface area (Å²) in [6.45, 7) is 4.98. The van der Waals surface area contributed by atoms with Gasteiger partial charge in [0, 0.05) is 17.9 Å². The predicted molar refractivity (Wildman–Crippen MR) is 150 cm³/mol. The van der Waals surface area contributed by atoms with Crippen molar-refractivity contribution >= 4 is 11.9 Å². The van der Waals surface area contributed by atoms with E-state index in [4.69, 9.17) is 18.6 Å². The molecule has 5 fully saturated rings. The largest absolute Gasteiger partial charge is 0.522 e. The van der Waals surface area contributed by atoms with Crippen molar-refractivity contribution in [3.8, 4) is 0 Å². The molecule has 0 aromatic carbocycles. The van der Waals surface area contributed by atoms with E-state index in [1.165, 1.54) is 0 Å². The van der Waals surface area contributed by atoms with Gasteiger partial charge in [0.1, 0.15) is 5.60 Å². The number of hydrogen-bond donors (Lipinski definition) is 1. The summed E-state index contributed by atoms with van der Waals surface area (Å²) < 4.78 is 108. The standard InChI is InChI=1S/C31H39F6N3O8/c1-27(2,3)48-25(42)22(43-17-6-4-5-7-17)21(44-18-8-9-19(12-18)46-30(32,33)34)23(41)38-29-13-28(14-29,15-29)26-40-39-24(45-26)16-10-20(11-16)47-31(35,36)37/h4-5,16-22H,6-15H2,1-3H3,(H,38,41). The molecule has 5 saturated carbocycles. The second-order valence-electron chi connectivity index (χ2n) is 14.7. The number of nitrogens with one attached hydrogen (secondary N) is 1. The second kappa shape index (κ2) is 12.5. The smallest absolute Gasteiger partial charge is 0.458 e. The molecule has 1 aromatic rings. The van der Waals surface area contributed by atoms with Crippen LogP contribution in [0.3, 0.4) is 0 Å². The highest BCUT2D eigenvalue weighted by atomic mass is 19.4. The summed E-state index contributed by atoms with van der Waals surface area (Å²) in [6, 6.07) is 0. The highest BCUT2D eigenvalue weighted by Crippen LogP contribution is 2.67. The Morgan fingerprint density at radius 2 is 1.42 bits per heavy atom. The van der Waals surface area contributed by atoms with Gasteiger partial charge in [-0.25, -0.2) is 4.79 Å². The first-order valence-corrected chi connectivity index (χ1v) is 16.1. The molecule has 0 radical (unpaired) electrons. The van der Waals surface area contributed by atoms with Gasteiger partial charge in [0.2, 0.25) is 11.8 Å². The second-order valence-corrected chi connectivity index (χ2v) is 14.7. The maximum absolute atomic E-state index is 14.0. The molecule has 7 rings (SSSR count). The van der Waals surface area contributed by atoms with Gasteiger partial charge in [-0.15, -0.1) is 36.5 Å². The van der Waals surface area contributed by atoms with Crippen LogP contribution in [-0.4, -0.2) is 82.6 Å². The average Bonchev–Trinajstić information content (AvgIpc) is 3.65. The van der Waals surface area contributed by atoms with Crippen molar-refractivity contribution in [3.63, 3.8) is 0 Å². The van der Waals surface area contributed by atoms with Gasteiger partial charge in [-0.3, -0.25) is 14.3 Å². The summed E-state index contributed by atoms with van der Waals surface area (Å²) in [5, 5.41) is 11.2. The minimum absolute atomic E-state index is 0.0541. The number of hydrogen-bond acceptors (Lipinski definition) is 10. The highest BCUT2D eigenvalue weighted by Gasteiger charge is 2.72. The topological polar surface area (TPSA) is 131 Å². The van der Waals surface area contributed by atoms with Crippen molar-refractivity contribution in [2.45, 2.75) is 157 Å². The fourth-order valence-electron chi connectivity index (χ4n) is 7.47. The monoisotopic (exact) mass is 695 g/mol. The third-order valence-electron chi connectivity index (χ3n) is 9.51. The number of aromatic nitrogens is 2. The molecule has 2 bridgehead atoms. The van der Waals surface area contributed by atoms with Crippen LogP contribution in [-0.2, 0) is 38.7 Å². The van der Waals surface area contributed by atoms with Gasteiger partial charge in [-0.2, -0.15) is 0 Å². The Morgan fingerprint density at radius 1 is 0.833 bits per heavy atom. The molecule has 1 amide bonds. The first kappa shape index (κ1) is 35.1. The van der Waals surface area contributed by atoms with E-state index in [1.807, 2.05) is 12.2 Å². The SMILES string of the molecule is CC(C)(C)OC(=O)C(OC1CC=CC1)C(OC1CCC(OC(F)(F)F)C1)C(=O)NC12CC(c3nnc(C4CC(OC(F)(F)F)C4)o3)(C1)C2. The van der Waals surface area contributed by atoms with Gasteiger partial charge in [0.15, 0.2) is 12.2 Å². The number of rotatable bonds is 12. The lowest BCUT2D eigenvalue weighted by molar-refractivity contribution is -0.352. The van der Waals surface area contributed by atoms with E-state index in [0.717, 1.165) is 0 Å². The molecule has 4 atom stereocenters. The lowest BCUT2D eigenvalue weighted by Gasteiger charge is -2.68. The van der Waals surface area contributed by atoms with Crippen LogP contribution in [0, 0.1) is 0 Å². The van der Waals surface area contributed by atoms with Crippen LogP contribution in [0.1, 0.15) is 103 Å². The van der Waals surface area contributed by atoms with Crippen LogP contribution in [0.15, 0.2) is 16.6 Å². The number of esters is 1. The molecular weight excluding hydrogens is 656 g/mol. The van der Waals surface area contributed by atoms with E-state index in [0.29, 0.717) is 38.0 Å². The Labute approximate surface area is 272 Å². The highest BCUT2D eigenvalue weighted by molar-refractivity contribution is 5.89. The summed E-state index contributed by atoms with van der Waals surface area (Å²) in [7, 11) is 0. The Hall–Kier alpha value is -2.76. The first-order chi connectivity index (χ1) is 22.3. The van der Waals surface area contributed by atoms with E-state index in [2.05, 4.69) is 25.0 Å². The Bertz CT molecular complexity index is 1360. The Kier molecular flexibility index (Phi) is 9.16. The van der Waals surface area contributed by atoms with Crippen molar-refractivity contribution in [3.05, 3.63) is 23.9 Å². The fourth-order valence-corrected chi connectivity index (χ4v) is 7.47. The normalized spacial score (nSPS) is 33.0. The third kappa shape index (κ3) is 7.99. The fraction of sp³-hybridized carbons (Fsp3) is 0.806. The molecule has 1 N–H and O–H groups in total. The molecule has 0 aliphatic heterocycles. The van der Waals surface area contributed by atoms with E-state index in [-0.39, 0.29) is 43.9 Å². The van der Waals surface area contributed by atoms with E-state index in [1.54, 1.807) is 20.8 Å². The molecule has 48 heavy (non-hydrogen) atoms. The van der Waals surface area contributed by atoms with Crippen LogP contribution in [0.25, 0.3) is 0 Å². The lowest BCUT2D eigenvalue weighted by atomic mass is 9.39. The first-order valence-electron chi connectivity index (χ1n) is 16.1. The Balaban J connectivity index is 1.12.